The number of aliphatic hydroxyl groups is 1. The van der Waals surface area contributed by atoms with E-state index in [-0.39, 0.29) is 31.3 Å². The van der Waals surface area contributed by atoms with Gasteiger partial charge in [0, 0.05) is 6.54 Å². The van der Waals surface area contributed by atoms with Crippen molar-refractivity contribution in [2.45, 2.75) is 45.6 Å². The maximum Gasteiger partial charge on any atom is 0.311 e. The van der Waals surface area contributed by atoms with Gasteiger partial charge in [-0.15, -0.1) is 0 Å². The highest BCUT2D eigenvalue weighted by atomic mass is 16.8. The van der Waals surface area contributed by atoms with Gasteiger partial charge in [-0.05, 0) is 25.7 Å². The summed E-state index contributed by atoms with van der Waals surface area (Å²) in [5.74, 6) is -0.487. The van der Waals surface area contributed by atoms with Gasteiger partial charge in [0.25, 0.3) is 6.79 Å². The Morgan fingerprint density at radius 1 is 1.50 bits per heavy atom. The molecule has 1 atom stereocenters. The Labute approximate surface area is 119 Å². The summed E-state index contributed by atoms with van der Waals surface area (Å²) in [6.07, 6.45) is 3.02. The molecule has 1 aliphatic heterocycles. The summed E-state index contributed by atoms with van der Waals surface area (Å²) in [5, 5.41) is 24.2. The van der Waals surface area contributed by atoms with Crippen LogP contribution in [0.25, 0.3) is 0 Å². The first-order valence-electron chi connectivity index (χ1n) is 7.05. The molecular formula is C13H23N2O5-. The Hall–Kier alpha value is -1.50. The predicted molar refractivity (Wildman–Crippen MR) is 70.4 cm³/mol. The SMILES string of the molecule is CCC(CC)C(=O)OCO/N=C(\[O-])N1CCCC1CO. The number of likely N-dealkylation sites (tertiary alicyclic amines) is 1. The molecule has 1 rings (SSSR count). The van der Waals surface area contributed by atoms with Gasteiger partial charge in [-0.2, -0.15) is 0 Å². The van der Waals surface area contributed by atoms with Crippen LogP contribution in [0.1, 0.15) is 39.5 Å². The van der Waals surface area contributed by atoms with Crippen LogP contribution in [0.4, 0.5) is 0 Å². The summed E-state index contributed by atoms with van der Waals surface area (Å²) < 4.78 is 4.88. The van der Waals surface area contributed by atoms with Crippen molar-refractivity contribution in [1.29, 1.82) is 0 Å². The number of esters is 1. The van der Waals surface area contributed by atoms with Crippen molar-refractivity contribution >= 4 is 12.0 Å². The zero-order valence-electron chi connectivity index (χ0n) is 12.1. The molecule has 116 valence electrons. The lowest BCUT2D eigenvalue weighted by molar-refractivity contribution is -0.243. The highest BCUT2D eigenvalue weighted by Gasteiger charge is 2.23. The van der Waals surface area contributed by atoms with E-state index in [0.29, 0.717) is 19.4 Å². The van der Waals surface area contributed by atoms with E-state index in [0.717, 1.165) is 12.8 Å². The zero-order valence-corrected chi connectivity index (χ0v) is 12.1. The second-order valence-corrected chi connectivity index (χ2v) is 4.77. The van der Waals surface area contributed by atoms with E-state index in [1.807, 2.05) is 13.8 Å². The number of carbonyl (C=O) groups excluding carboxylic acids is 1. The van der Waals surface area contributed by atoms with Crippen LogP contribution in [0, 0.1) is 5.92 Å². The Bertz CT molecular complexity index is 331. The average Bonchev–Trinajstić information content (AvgIpc) is 2.93. The number of rotatable bonds is 7. The maximum absolute atomic E-state index is 11.7. The lowest BCUT2D eigenvalue weighted by Gasteiger charge is -2.29. The molecule has 0 bridgehead atoms. The molecule has 1 N–H and O–H groups in total. The molecule has 7 nitrogen and oxygen atoms in total. The van der Waals surface area contributed by atoms with Gasteiger partial charge in [-0.1, -0.05) is 19.0 Å². The van der Waals surface area contributed by atoms with Crippen LogP contribution in [0.5, 0.6) is 0 Å². The van der Waals surface area contributed by atoms with E-state index in [2.05, 4.69) is 5.16 Å². The summed E-state index contributed by atoms with van der Waals surface area (Å²) in [6, 6.07) is -0.734. The van der Waals surface area contributed by atoms with Crippen molar-refractivity contribution in [2.24, 2.45) is 11.1 Å². The van der Waals surface area contributed by atoms with Gasteiger partial charge in [-0.25, -0.2) is 0 Å². The van der Waals surface area contributed by atoms with E-state index >= 15 is 0 Å². The second kappa shape index (κ2) is 8.63. The molecule has 1 fully saturated rings. The summed E-state index contributed by atoms with van der Waals surface area (Å²) in [4.78, 5) is 17.7. The summed E-state index contributed by atoms with van der Waals surface area (Å²) >= 11 is 0. The molecule has 7 heteroatoms. The largest absolute Gasteiger partial charge is 0.844 e. The molecular weight excluding hydrogens is 264 g/mol. The number of oxime groups is 1. The fraction of sp³-hybridized carbons (Fsp3) is 0.846. The molecule has 0 aromatic rings. The molecule has 1 heterocycles. The Balaban J connectivity index is 2.32. The first-order valence-corrected chi connectivity index (χ1v) is 7.05. The summed E-state index contributed by atoms with van der Waals surface area (Å²) in [6.45, 7) is 3.94. The standard InChI is InChI=1S/C13H24N2O5/c1-3-10(4-2)12(17)19-9-20-14-13(18)15-7-5-6-11(15)8-16/h10-11,16H,3-9H2,1-2H3,(H,14,18)/p-1. The van der Waals surface area contributed by atoms with Crippen LogP contribution in [0.15, 0.2) is 5.16 Å². The zero-order chi connectivity index (χ0) is 15.0. The average molecular weight is 287 g/mol. The lowest BCUT2D eigenvalue weighted by Crippen LogP contribution is -2.44. The highest BCUT2D eigenvalue weighted by molar-refractivity contribution is 5.72. The monoisotopic (exact) mass is 287 g/mol. The summed E-state index contributed by atoms with van der Waals surface area (Å²) in [5.41, 5.74) is 0. The van der Waals surface area contributed by atoms with Gasteiger partial charge in [0.15, 0.2) is 0 Å². The quantitative estimate of drug-likeness (QED) is 0.177. The molecule has 0 saturated carbocycles. The molecule has 0 aromatic heterocycles. The van der Waals surface area contributed by atoms with Crippen molar-refractivity contribution in [3.8, 4) is 0 Å². The molecule has 0 spiro atoms. The van der Waals surface area contributed by atoms with Crippen molar-refractivity contribution in [1.82, 2.24) is 4.90 Å². The number of hydrogen-bond donors (Lipinski definition) is 1. The molecule has 0 aliphatic carbocycles. The third-order valence-electron chi connectivity index (χ3n) is 3.55. The first kappa shape index (κ1) is 16.6. The third-order valence-corrected chi connectivity index (χ3v) is 3.55. The molecule has 0 radical (unpaired) electrons. The maximum atomic E-state index is 11.7. The van der Waals surface area contributed by atoms with Crippen LogP contribution in [-0.4, -0.2) is 48.0 Å². The molecule has 20 heavy (non-hydrogen) atoms. The van der Waals surface area contributed by atoms with Crippen molar-refractivity contribution < 1.29 is 24.6 Å². The van der Waals surface area contributed by atoms with E-state index in [9.17, 15) is 9.90 Å². The summed E-state index contributed by atoms with van der Waals surface area (Å²) in [7, 11) is 0. The Morgan fingerprint density at radius 2 is 2.20 bits per heavy atom. The fourth-order valence-corrected chi connectivity index (χ4v) is 2.24. The van der Waals surface area contributed by atoms with Crippen molar-refractivity contribution in [3.05, 3.63) is 0 Å². The topological polar surface area (TPSA) is 94.4 Å². The Morgan fingerprint density at radius 3 is 2.80 bits per heavy atom. The third kappa shape index (κ3) is 4.56. The number of hydrogen-bond acceptors (Lipinski definition) is 6. The van der Waals surface area contributed by atoms with Gasteiger partial charge < -0.3 is 24.7 Å². The van der Waals surface area contributed by atoms with Crippen LogP contribution < -0.4 is 5.11 Å². The van der Waals surface area contributed by atoms with Crippen LogP contribution in [0.3, 0.4) is 0 Å². The number of carbonyl (C=O) groups is 1. The van der Waals surface area contributed by atoms with Crippen LogP contribution in [0.2, 0.25) is 0 Å². The minimum absolute atomic E-state index is 0.0784. The van der Waals surface area contributed by atoms with Crippen molar-refractivity contribution in [2.75, 3.05) is 19.9 Å². The lowest BCUT2D eigenvalue weighted by atomic mass is 10.0. The predicted octanol–water partition coefficient (Wildman–Crippen LogP) is 0.0279. The van der Waals surface area contributed by atoms with Gasteiger partial charge in [0.05, 0.1) is 24.6 Å². The van der Waals surface area contributed by atoms with E-state index in [4.69, 9.17) is 14.7 Å². The van der Waals surface area contributed by atoms with Gasteiger partial charge in [-0.3, -0.25) is 4.79 Å². The molecule has 1 saturated heterocycles. The first-order chi connectivity index (χ1) is 9.63. The highest BCUT2D eigenvalue weighted by Crippen LogP contribution is 2.15. The van der Waals surface area contributed by atoms with Crippen LogP contribution in [-0.2, 0) is 14.4 Å². The minimum atomic E-state index is -0.542. The normalized spacial score (nSPS) is 19.5. The van der Waals surface area contributed by atoms with Gasteiger partial charge in [0.2, 0.25) is 0 Å². The number of amidine groups is 1. The number of ether oxygens (including phenoxy) is 1. The molecule has 0 aromatic carbocycles. The molecule has 0 amide bonds. The van der Waals surface area contributed by atoms with Crippen LogP contribution >= 0.6 is 0 Å². The minimum Gasteiger partial charge on any atom is -0.844 e. The van der Waals surface area contributed by atoms with E-state index in [1.165, 1.54) is 4.90 Å². The molecule has 1 unspecified atom stereocenters. The number of nitrogens with zero attached hydrogens (tertiary/aromatic N) is 2. The van der Waals surface area contributed by atoms with Crippen molar-refractivity contribution in [3.63, 3.8) is 0 Å². The fourth-order valence-electron chi connectivity index (χ4n) is 2.24. The number of aliphatic hydroxyl groups excluding tert-OH is 1. The Kier molecular flexibility index (Phi) is 7.14. The van der Waals surface area contributed by atoms with Gasteiger partial charge in [0.1, 0.15) is 0 Å². The smallest absolute Gasteiger partial charge is 0.311 e. The van der Waals surface area contributed by atoms with E-state index < -0.39 is 6.02 Å². The molecule has 1 aliphatic rings. The van der Waals surface area contributed by atoms with E-state index in [1.54, 1.807) is 0 Å². The second-order valence-electron chi connectivity index (χ2n) is 4.77. The van der Waals surface area contributed by atoms with Gasteiger partial charge >= 0.3 is 5.97 Å².